The first kappa shape index (κ1) is 16.0. The molecule has 0 saturated carbocycles. The van der Waals surface area contributed by atoms with Crippen LogP contribution in [0.5, 0.6) is 5.75 Å². The number of ether oxygens (including phenoxy) is 1. The molecule has 0 aromatic heterocycles. The molecule has 0 aliphatic carbocycles. The van der Waals surface area contributed by atoms with Crippen molar-refractivity contribution in [2.45, 2.75) is 25.8 Å². The number of likely N-dealkylation sites (tertiary alicyclic amines) is 1. The molecule has 21 heavy (non-hydrogen) atoms. The van der Waals surface area contributed by atoms with Gasteiger partial charge in [-0.3, -0.25) is 9.69 Å². The van der Waals surface area contributed by atoms with Crippen molar-refractivity contribution in [1.29, 1.82) is 0 Å². The Labute approximate surface area is 127 Å². The number of hydrogen-bond donors (Lipinski definition) is 0. The minimum Gasteiger partial charge on any atom is -0.494 e. The maximum Gasteiger partial charge on any atom is 0.176 e. The summed E-state index contributed by atoms with van der Waals surface area (Å²) >= 11 is 0. The monoisotopic (exact) mass is 290 g/mol. The smallest absolute Gasteiger partial charge is 0.176 e. The number of ketones is 1. The topological polar surface area (TPSA) is 32.8 Å². The van der Waals surface area contributed by atoms with E-state index in [9.17, 15) is 4.79 Å². The Bertz CT molecular complexity index is 458. The Balaban J connectivity index is 1.85. The predicted octanol–water partition coefficient (Wildman–Crippen LogP) is 2.29. The maximum atomic E-state index is 12.3. The molecule has 0 spiro atoms. The van der Waals surface area contributed by atoms with Crippen molar-refractivity contribution in [3.05, 3.63) is 29.8 Å². The molecule has 1 aliphatic rings. The van der Waals surface area contributed by atoms with Crippen LogP contribution in [-0.2, 0) is 0 Å². The molecule has 4 heteroatoms. The van der Waals surface area contributed by atoms with E-state index in [2.05, 4.69) is 16.8 Å². The highest BCUT2D eigenvalue weighted by Gasteiger charge is 2.22. The molecule has 1 atom stereocenters. The number of Topliss-reactive ketones (excluding diaryl/α,β-unsaturated/α-hetero) is 1. The molecule has 0 N–H and O–H groups in total. The summed E-state index contributed by atoms with van der Waals surface area (Å²) in [6.45, 7) is 5.20. The highest BCUT2D eigenvalue weighted by atomic mass is 16.5. The molecule has 2 rings (SSSR count). The SMILES string of the molecule is CCOc1ccc(C(=O)CN(C)CC2CCCN2C)cc1. The van der Waals surface area contributed by atoms with Crippen LogP contribution < -0.4 is 4.74 Å². The molecule has 1 fully saturated rings. The zero-order valence-electron chi connectivity index (χ0n) is 13.3. The molecular formula is C17H26N2O2. The van der Waals surface area contributed by atoms with Gasteiger partial charge in [-0.25, -0.2) is 0 Å². The lowest BCUT2D eigenvalue weighted by molar-refractivity contribution is 0.0932. The molecule has 0 bridgehead atoms. The van der Waals surface area contributed by atoms with Crippen LogP contribution in [0.15, 0.2) is 24.3 Å². The van der Waals surface area contributed by atoms with E-state index >= 15 is 0 Å². The van der Waals surface area contributed by atoms with Crippen LogP contribution in [0.4, 0.5) is 0 Å². The molecule has 116 valence electrons. The number of carbonyl (C=O) groups excluding carboxylic acids is 1. The highest BCUT2D eigenvalue weighted by Crippen LogP contribution is 2.16. The van der Waals surface area contributed by atoms with Crippen LogP contribution in [0.25, 0.3) is 0 Å². The van der Waals surface area contributed by atoms with Gasteiger partial charge in [0.05, 0.1) is 13.2 Å². The molecule has 0 radical (unpaired) electrons. The lowest BCUT2D eigenvalue weighted by Gasteiger charge is -2.25. The summed E-state index contributed by atoms with van der Waals surface area (Å²) in [7, 11) is 4.19. The third-order valence-electron chi connectivity index (χ3n) is 4.09. The van der Waals surface area contributed by atoms with Gasteiger partial charge >= 0.3 is 0 Å². The quantitative estimate of drug-likeness (QED) is 0.721. The summed E-state index contributed by atoms with van der Waals surface area (Å²) in [5.41, 5.74) is 0.755. The van der Waals surface area contributed by atoms with Gasteiger partial charge < -0.3 is 9.64 Å². The number of benzene rings is 1. The molecule has 1 aromatic carbocycles. The van der Waals surface area contributed by atoms with E-state index in [4.69, 9.17) is 4.74 Å². The van der Waals surface area contributed by atoms with Crippen LogP contribution >= 0.6 is 0 Å². The van der Waals surface area contributed by atoms with E-state index in [-0.39, 0.29) is 5.78 Å². The zero-order chi connectivity index (χ0) is 15.2. The van der Waals surface area contributed by atoms with E-state index in [0.717, 1.165) is 17.9 Å². The van der Waals surface area contributed by atoms with E-state index in [1.54, 1.807) is 0 Å². The first-order valence-electron chi connectivity index (χ1n) is 7.75. The molecule has 0 amide bonds. The molecule has 1 unspecified atom stereocenters. The van der Waals surface area contributed by atoms with Crippen molar-refractivity contribution in [2.24, 2.45) is 0 Å². The molecular weight excluding hydrogens is 264 g/mol. The van der Waals surface area contributed by atoms with Crippen molar-refractivity contribution < 1.29 is 9.53 Å². The fourth-order valence-corrected chi connectivity index (χ4v) is 2.87. The predicted molar refractivity (Wildman–Crippen MR) is 85.1 cm³/mol. The van der Waals surface area contributed by atoms with Crippen molar-refractivity contribution in [2.75, 3.05) is 40.3 Å². The molecule has 1 aromatic rings. The Morgan fingerprint density at radius 1 is 1.38 bits per heavy atom. The summed E-state index contributed by atoms with van der Waals surface area (Å²) in [6, 6.07) is 8.01. The fraction of sp³-hybridized carbons (Fsp3) is 0.588. The second kappa shape index (κ2) is 7.57. The van der Waals surface area contributed by atoms with Crippen molar-refractivity contribution in [1.82, 2.24) is 9.80 Å². The summed E-state index contributed by atoms with van der Waals surface area (Å²) in [6.07, 6.45) is 2.50. The van der Waals surface area contributed by atoms with Gasteiger partial charge in [-0.1, -0.05) is 0 Å². The van der Waals surface area contributed by atoms with Crippen molar-refractivity contribution >= 4 is 5.78 Å². The summed E-state index contributed by atoms with van der Waals surface area (Å²) in [5, 5.41) is 0. The Morgan fingerprint density at radius 2 is 2.10 bits per heavy atom. The van der Waals surface area contributed by atoms with Gasteiger partial charge in [-0.2, -0.15) is 0 Å². The minimum absolute atomic E-state index is 0.168. The molecule has 1 saturated heterocycles. The van der Waals surface area contributed by atoms with Crippen LogP contribution in [0.1, 0.15) is 30.1 Å². The van der Waals surface area contributed by atoms with Crippen LogP contribution in [-0.4, -0.2) is 62.0 Å². The van der Waals surface area contributed by atoms with Crippen LogP contribution in [0.2, 0.25) is 0 Å². The van der Waals surface area contributed by atoms with E-state index in [0.29, 0.717) is 19.2 Å². The number of likely N-dealkylation sites (N-methyl/N-ethyl adjacent to an activating group) is 2. The average Bonchev–Trinajstić information content (AvgIpc) is 2.85. The largest absolute Gasteiger partial charge is 0.494 e. The maximum absolute atomic E-state index is 12.3. The molecule has 1 aliphatic heterocycles. The standard InChI is InChI=1S/C17H26N2O2/c1-4-21-16-9-7-14(8-10-16)17(20)13-18(2)12-15-6-5-11-19(15)3/h7-10,15H,4-6,11-13H2,1-3H3. The molecule has 4 nitrogen and oxygen atoms in total. The summed E-state index contributed by atoms with van der Waals surface area (Å²) in [5.74, 6) is 0.983. The van der Waals surface area contributed by atoms with Gasteiger partial charge in [-0.15, -0.1) is 0 Å². The first-order chi connectivity index (χ1) is 10.1. The van der Waals surface area contributed by atoms with E-state index in [1.165, 1.54) is 19.4 Å². The third-order valence-corrected chi connectivity index (χ3v) is 4.09. The van der Waals surface area contributed by atoms with Gasteiger partial charge in [-0.05, 0) is 64.7 Å². The highest BCUT2D eigenvalue weighted by molar-refractivity contribution is 5.97. The normalized spacial score (nSPS) is 19.1. The number of nitrogens with zero attached hydrogens (tertiary/aromatic N) is 2. The van der Waals surface area contributed by atoms with Crippen molar-refractivity contribution in [3.63, 3.8) is 0 Å². The van der Waals surface area contributed by atoms with Crippen LogP contribution in [0.3, 0.4) is 0 Å². The summed E-state index contributed by atoms with van der Waals surface area (Å²) in [4.78, 5) is 16.8. The van der Waals surface area contributed by atoms with Gasteiger partial charge in [0.2, 0.25) is 0 Å². The Morgan fingerprint density at radius 3 is 2.67 bits per heavy atom. The second-order valence-corrected chi connectivity index (χ2v) is 5.85. The number of carbonyl (C=O) groups is 1. The van der Waals surface area contributed by atoms with Gasteiger partial charge in [0, 0.05) is 18.2 Å². The Hall–Kier alpha value is -1.39. The van der Waals surface area contributed by atoms with E-state index < -0.39 is 0 Å². The lowest BCUT2D eigenvalue weighted by Crippen LogP contribution is -2.38. The Kier molecular flexibility index (Phi) is 5.76. The number of rotatable bonds is 7. The number of hydrogen-bond acceptors (Lipinski definition) is 4. The minimum atomic E-state index is 0.168. The second-order valence-electron chi connectivity index (χ2n) is 5.85. The van der Waals surface area contributed by atoms with Gasteiger partial charge in [0.15, 0.2) is 5.78 Å². The zero-order valence-corrected chi connectivity index (χ0v) is 13.3. The van der Waals surface area contributed by atoms with Crippen molar-refractivity contribution in [3.8, 4) is 5.75 Å². The van der Waals surface area contributed by atoms with Gasteiger partial charge in [0.1, 0.15) is 5.75 Å². The third kappa shape index (κ3) is 4.55. The van der Waals surface area contributed by atoms with E-state index in [1.807, 2.05) is 38.2 Å². The summed E-state index contributed by atoms with van der Waals surface area (Å²) < 4.78 is 5.39. The fourth-order valence-electron chi connectivity index (χ4n) is 2.87. The van der Waals surface area contributed by atoms with Crippen LogP contribution in [0, 0.1) is 0 Å². The lowest BCUT2D eigenvalue weighted by atomic mass is 10.1. The first-order valence-corrected chi connectivity index (χ1v) is 7.75. The van der Waals surface area contributed by atoms with Gasteiger partial charge in [0.25, 0.3) is 0 Å². The average molecular weight is 290 g/mol. The molecule has 1 heterocycles.